The van der Waals surface area contributed by atoms with Gasteiger partial charge in [0, 0.05) is 48.4 Å². The number of hydrogen-bond acceptors (Lipinski definition) is 4. The summed E-state index contributed by atoms with van der Waals surface area (Å²) in [6.07, 6.45) is 3.96. The number of rotatable bonds is 7. The van der Waals surface area contributed by atoms with Crippen LogP contribution in [0.2, 0.25) is 0 Å². The zero-order valence-corrected chi connectivity index (χ0v) is 18.9. The van der Waals surface area contributed by atoms with Crippen molar-refractivity contribution in [2.75, 3.05) is 20.2 Å². The number of benzene rings is 1. The molecule has 3 aromatic rings. The number of nitrogens with zero attached hydrogens (tertiary/aromatic N) is 1. The molecule has 0 radical (unpaired) electrons. The van der Waals surface area contributed by atoms with Crippen molar-refractivity contribution in [1.82, 2.24) is 15.2 Å². The van der Waals surface area contributed by atoms with Crippen molar-refractivity contribution in [2.45, 2.75) is 39.2 Å². The van der Waals surface area contributed by atoms with E-state index in [-0.39, 0.29) is 29.7 Å². The molecule has 0 unspecified atom stereocenters. The Kier molecular flexibility index (Phi) is 6.53. The van der Waals surface area contributed by atoms with Crippen LogP contribution < -0.4 is 10.1 Å². The first kappa shape index (κ1) is 22.0. The second kappa shape index (κ2) is 9.51. The number of hydrogen-bond donors (Lipinski definition) is 2. The molecule has 0 aliphatic carbocycles. The summed E-state index contributed by atoms with van der Waals surface area (Å²) < 4.78 is 10.6. The minimum absolute atomic E-state index is 0.00258. The average molecular weight is 438 g/mol. The second-order valence-corrected chi connectivity index (χ2v) is 8.75. The highest BCUT2D eigenvalue weighted by Gasteiger charge is 2.31. The first-order chi connectivity index (χ1) is 15.4. The summed E-state index contributed by atoms with van der Waals surface area (Å²) in [5, 5.41) is 4.09. The van der Waals surface area contributed by atoms with Gasteiger partial charge in [0.05, 0.1) is 13.4 Å². The smallest absolute Gasteiger partial charge is 0.270 e. The standard InChI is InChI=1S/C25H31N3O4/c1-16(13-21-5-4-12-32-21)26-24(29)17(2)18-8-10-28(11-9-18)25(30)23-14-19-6-7-20(31-3)15-22(19)27-23/h4-7,12,14-18,27H,8-11,13H2,1-3H3,(H,26,29)/t16-,17-/m1/s1. The Morgan fingerprint density at radius 1 is 1.22 bits per heavy atom. The van der Waals surface area contributed by atoms with Gasteiger partial charge in [0.1, 0.15) is 17.2 Å². The van der Waals surface area contributed by atoms with Crippen molar-refractivity contribution >= 4 is 22.7 Å². The van der Waals surface area contributed by atoms with Crippen LogP contribution in [0.5, 0.6) is 5.75 Å². The van der Waals surface area contributed by atoms with Gasteiger partial charge in [-0.25, -0.2) is 0 Å². The number of amides is 2. The van der Waals surface area contributed by atoms with Crippen molar-refractivity contribution in [3.05, 3.63) is 54.1 Å². The molecule has 32 heavy (non-hydrogen) atoms. The molecule has 0 saturated carbocycles. The number of carbonyl (C=O) groups is 2. The highest BCUT2D eigenvalue weighted by molar-refractivity contribution is 5.98. The molecule has 2 N–H and O–H groups in total. The SMILES string of the molecule is COc1ccc2cc(C(=O)N3CCC([C@@H](C)C(=O)N[C@H](C)Cc4ccco4)CC3)[nH]c2c1. The van der Waals surface area contributed by atoms with Crippen LogP contribution >= 0.6 is 0 Å². The maximum absolute atomic E-state index is 13.0. The number of methoxy groups -OCH3 is 1. The Bertz CT molecular complexity index is 1060. The van der Waals surface area contributed by atoms with Crippen molar-refractivity contribution in [2.24, 2.45) is 11.8 Å². The molecule has 2 atom stereocenters. The van der Waals surface area contributed by atoms with Gasteiger partial charge in [-0.3, -0.25) is 9.59 Å². The van der Waals surface area contributed by atoms with E-state index in [4.69, 9.17) is 9.15 Å². The minimum atomic E-state index is -0.0909. The molecular weight excluding hydrogens is 406 g/mol. The largest absolute Gasteiger partial charge is 0.497 e. The van der Waals surface area contributed by atoms with E-state index in [9.17, 15) is 9.59 Å². The molecule has 1 aliphatic heterocycles. The quantitative estimate of drug-likeness (QED) is 0.585. The van der Waals surface area contributed by atoms with Gasteiger partial charge >= 0.3 is 0 Å². The number of aromatic amines is 1. The lowest BCUT2D eigenvalue weighted by Gasteiger charge is -2.34. The Balaban J connectivity index is 1.30. The van der Waals surface area contributed by atoms with E-state index in [0.717, 1.165) is 35.3 Å². The predicted octanol–water partition coefficient (Wildman–Crippen LogP) is 4.01. The molecule has 0 spiro atoms. The molecule has 7 heteroatoms. The van der Waals surface area contributed by atoms with E-state index in [1.54, 1.807) is 13.4 Å². The molecular formula is C25H31N3O4. The van der Waals surface area contributed by atoms with Crippen LogP contribution in [0.1, 0.15) is 42.9 Å². The normalized spacial score (nSPS) is 16.7. The van der Waals surface area contributed by atoms with E-state index >= 15 is 0 Å². The molecule has 1 fully saturated rings. The Morgan fingerprint density at radius 3 is 2.69 bits per heavy atom. The molecule has 3 heterocycles. The lowest BCUT2D eigenvalue weighted by Crippen LogP contribution is -2.44. The summed E-state index contributed by atoms with van der Waals surface area (Å²) in [5.74, 6) is 1.87. The number of furan rings is 1. The molecule has 4 rings (SSSR count). The average Bonchev–Trinajstić information content (AvgIpc) is 3.47. The fraction of sp³-hybridized carbons (Fsp3) is 0.440. The number of H-pyrrole nitrogens is 1. The molecule has 170 valence electrons. The van der Waals surface area contributed by atoms with Crippen LogP contribution in [0.4, 0.5) is 0 Å². The maximum Gasteiger partial charge on any atom is 0.270 e. The molecule has 1 aliphatic rings. The van der Waals surface area contributed by atoms with Gasteiger partial charge < -0.3 is 24.4 Å². The van der Waals surface area contributed by atoms with Crippen LogP contribution in [0.3, 0.4) is 0 Å². The summed E-state index contributed by atoms with van der Waals surface area (Å²) in [7, 11) is 1.63. The van der Waals surface area contributed by atoms with Gasteiger partial charge in [-0.05, 0) is 56.0 Å². The maximum atomic E-state index is 13.0. The number of carbonyl (C=O) groups excluding carboxylic acids is 2. The Labute approximate surface area is 188 Å². The fourth-order valence-electron chi connectivity index (χ4n) is 4.49. The monoisotopic (exact) mass is 437 g/mol. The lowest BCUT2D eigenvalue weighted by molar-refractivity contribution is -0.127. The third-order valence-corrected chi connectivity index (χ3v) is 6.48. The third kappa shape index (κ3) is 4.82. The highest BCUT2D eigenvalue weighted by Crippen LogP contribution is 2.27. The van der Waals surface area contributed by atoms with Gasteiger partial charge in [-0.15, -0.1) is 0 Å². The Morgan fingerprint density at radius 2 is 2.00 bits per heavy atom. The zero-order chi connectivity index (χ0) is 22.7. The predicted molar refractivity (Wildman–Crippen MR) is 123 cm³/mol. The van der Waals surface area contributed by atoms with Crippen LogP contribution in [0.15, 0.2) is 47.1 Å². The van der Waals surface area contributed by atoms with Crippen LogP contribution in [0, 0.1) is 11.8 Å². The molecule has 1 saturated heterocycles. The summed E-state index contributed by atoms with van der Waals surface area (Å²) in [5.41, 5.74) is 1.47. The molecule has 0 bridgehead atoms. The summed E-state index contributed by atoms with van der Waals surface area (Å²) in [6.45, 7) is 5.29. The van der Waals surface area contributed by atoms with E-state index in [1.807, 2.05) is 55.1 Å². The summed E-state index contributed by atoms with van der Waals surface area (Å²) in [4.78, 5) is 30.8. The summed E-state index contributed by atoms with van der Waals surface area (Å²) >= 11 is 0. The topological polar surface area (TPSA) is 87.6 Å². The molecule has 1 aromatic carbocycles. The molecule has 2 aromatic heterocycles. The number of fused-ring (bicyclic) bond motifs is 1. The van der Waals surface area contributed by atoms with E-state index in [0.29, 0.717) is 25.2 Å². The van der Waals surface area contributed by atoms with E-state index in [2.05, 4.69) is 10.3 Å². The zero-order valence-electron chi connectivity index (χ0n) is 18.9. The second-order valence-electron chi connectivity index (χ2n) is 8.75. The van der Waals surface area contributed by atoms with Gasteiger partial charge in [0.2, 0.25) is 5.91 Å². The van der Waals surface area contributed by atoms with Crippen LogP contribution in [-0.4, -0.2) is 47.9 Å². The molecule has 7 nitrogen and oxygen atoms in total. The Hall–Kier alpha value is -3.22. The number of likely N-dealkylation sites (tertiary alicyclic amines) is 1. The van der Waals surface area contributed by atoms with Gasteiger partial charge in [-0.1, -0.05) is 6.92 Å². The first-order valence-electron chi connectivity index (χ1n) is 11.2. The molecule has 2 amide bonds. The van der Waals surface area contributed by atoms with Crippen molar-refractivity contribution < 1.29 is 18.7 Å². The fourth-order valence-corrected chi connectivity index (χ4v) is 4.49. The third-order valence-electron chi connectivity index (χ3n) is 6.48. The van der Waals surface area contributed by atoms with Crippen molar-refractivity contribution in [1.29, 1.82) is 0 Å². The first-order valence-corrected chi connectivity index (χ1v) is 11.2. The minimum Gasteiger partial charge on any atom is -0.497 e. The number of aromatic nitrogens is 1. The highest BCUT2D eigenvalue weighted by atomic mass is 16.5. The number of ether oxygens (including phenoxy) is 1. The van der Waals surface area contributed by atoms with Crippen molar-refractivity contribution in [3.8, 4) is 5.75 Å². The lowest BCUT2D eigenvalue weighted by atomic mass is 9.84. The summed E-state index contributed by atoms with van der Waals surface area (Å²) in [6, 6.07) is 11.4. The number of nitrogens with one attached hydrogen (secondary N) is 2. The van der Waals surface area contributed by atoms with Gasteiger partial charge in [-0.2, -0.15) is 0 Å². The van der Waals surface area contributed by atoms with Crippen LogP contribution in [0.25, 0.3) is 10.9 Å². The van der Waals surface area contributed by atoms with Crippen LogP contribution in [-0.2, 0) is 11.2 Å². The number of piperidine rings is 1. The van der Waals surface area contributed by atoms with Gasteiger partial charge in [0.15, 0.2) is 0 Å². The van der Waals surface area contributed by atoms with E-state index < -0.39 is 0 Å². The van der Waals surface area contributed by atoms with Crippen molar-refractivity contribution in [3.63, 3.8) is 0 Å². The van der Waals surface area contributed by atoms with Gasteiger partial charge in [0.25, 0.3) is 5.91 Å². The van der Waals surface area contributed by atoms with E-state index in [1.165, 1.54) is 0 Å².